The third-order valence-corrected chi connectivity index (χ3v) is 5.72. The first-order valence-electron chi connectivity index (χ1n) is 10.0. The maximum Gasteiger partial charge on any atom is 0.213 e. The highest BCUT2D eigenvalue weighted by Gasteiger charge is 2.24. The van der Waals surface area contributed by atoms with Crippen molar-refractivity contribution in [3.63, 3.8) is 0 Å². The first-order chi connectivity index (χ1) is 14.2. The van der Waals surface area contributed by atoms with Gasteiger partial charge in [-0.05, 0) is 59.3 Å². The van der Waals surface area contributed by atoms with E-state index in [0.29, 0.717) is 6.61 Å². The fourth-order valence-electron chi connectivity index (χ4n) is 4.17. The average molecular weight is 382 g/mol. The topological polar surface area (TPSA) is 22.3 Å². The van der Waals surface area contributed by atoms with Crippen molar-refractivity contribution in [2.45, 2.75) is 26.5 Å². The molecule has 5 rings (SSSR count). The predicted molar refractivity (Wildman–Crippen MR) is 115 cm³/mol. The van der Waals surface area contributed by atoms with Crippen LogP contribution in [0, 0.1) is 6.92 Å². The molecule has 29 heavy (non-hydrogen) atoms. The summed E-state index contributed by atoms with van der Waals surface area (Å²) in [5.41, 5.74) is 6.22. The van der Waals surface area contributed by atoms with Crippen LogP contribution in [0.15, 0.2) is 72.9 Å². The minimum absolute atomic E-state index is 0.592. The van der Waals surface area contributed by atoms with Crippen LogP contribution in [-0.2, 0) is 19.6 Å². The summed E-state index contributed by atoms with van der Waals surface area (Å²) in [5, 5.41) is 2.45. The molecule has 0 bridgehead atoms. The number of benzene rings is 3. The summed E-state index contributed by atoms with van der Waals surface area (Å²) in [6.45, 7) is 3.66. The summed E-state index contributed by atoms with van der Waals surface area (Å²) in [7, 11) is 1.73. The van der Waals surface area contributed by atoms with Gasteiger partial charge in [0.25, 0.3) is 0 Å². The van der Waals surface area contributed by atoms with Crippen molar-refractivity contribution in [3.05, 3.63) is 89.6 Å². The van der Waals surface area contributed by atoms with Crippen LogP contribution in [0.1, 0.15) is 16.7 Å². The molecule has 1 aliphatic rings. The van der Waals surface area contributed by atoms with Crippen molar-refractivity contribution in [2.75, 3.05) is 7.11 Å². The summed E-state index contributed by atoms with van der Waals surface area (Å²) >= 11 is 0. The monoisotopic (exact) mass is 382 g/mol. The Kier molecular flexibility index (Phi) is 4.44. The maximum atomic E-state index is 6.04. The molecule has 0 N–H and O–H groups in total. The molecule has 1 aromatic heterocycles. The maximum absolute atomic E-state index is 6.04. The lowest BCUT2D eigenvalue weighted by atomic mass is 9.95. The van der Waals surface area contributed by atoms with E-state index >= 15 is 0 Å². The van der Waals surface area contributed by atoms with Crippen molar-refractivity contribution in [1.29, 1.82) is 0 Å². The van der Waals surface area contributed by atoms with Crippen molar-refractivity contribution < 1.29 is 14.0 Å². The molecule has 0 aliphatic carbocycles. The molecule has 0 unspecified atom stereocenters. The molecule has 3 heteroatoms. The Labute approximate surface area is 171 Å². The number of methoxy groups -OCH3 is 1. The van der Waals surface area contributed by atoms with E-state index in [1.54, 1.807) is 7.11 Å². The van der Waals surface area contributed by atoms with Crippen LogP contribution in [0.25, 0.3) is 22.0 Å². The zero-order valence-corrected chi connectivity index (χ0v) is 16.8. The Morgan fingerprint density at radius 3 is 2.62 bits per heavy atom. The van der Waals surface area contributed by atoms with Gasteiger partial charge < -0.3 is 9.47 Å². The smallest absolute Gasteiger partial charge is 0.213 e. The molecule has 0 amide bonds. The van der Waals surface area contributed by atoms with E-state index in [0.717, 1.165) is 30.0 Å². The van der Waals surface area contributed by atoms with E-state index in [9.17, 15) is 0 Å². The van der Waals surface area contributed by atoms with Crippen LogP contribution in [0.5, 0.6) is 11.5 Å². The van der Waals surface area contributed by atoms with Crippen molar-refractivity contribution in [1.82, 2.24) is 0 Å². The Hall–Kier alpha value is -3.33. The van der Waals surface area contributed by atoms with Crippen LogP contribution < -0.4 is 14.0 Å². The first-order valence-corrected chi connectivity index (χ1v) is 10.0. The number of ether oxygens (including phenoxy) is 2. The van der Waals surface area contributed by atoms with Crippen LogP contribution in [0.3, 0.4) is 0 Å². The third kappa shape index (κ3) is 3.33. The zero-order chi connectivity index (χ0) is 19.8. The Morgan fingerprint density at radius 1 is 0.931 bits per heavy atom. The fraction of sp³-hybridized carbons (Fsp3) is 0.192. The molecule has 4 aromatic rings. The second-order valence-corrected chi connectivity index (χ2v) is 7.65. The molecule has 0 saturated carbocycles. The largest absolute Gasteiger partial charge is 0.496 e. The second-order valence-electron chi connectivity index (χ2n) is 7.65. The highest BCUT2D eigenvalue weighted by Crippen LogP contribution is 2.32. The van der Waals surface area contributed by atoms with Crippen molar-refractivity contribution >= 4 is 10.8 Å². The molecular weight excluding hydrogens is 358 g/mol. The van der Waals surface area contributed by atoms with Gasteiger partial charge in [-0.1, -0.05) is 30.3 Å². The minimum Gasteiger partial charge on any atom is -0.496 e. The number of hydrogen-bond acceptors (Lipinski definition) is 2. The summed E-state index contributed by atoms with van der Waals surface area (Å²) in [6.07, 6.45) is 3.27. The Balaban J connectivity index is 1.49. The van der Waals surface area contributed by atoms with E-state index in [-0.39, 0.29) is 0 Å². The Bertz CT molecular complexity index is 1200. The molecule has 2 heterocycles. The summed E-state index contributed by atoms with van der Waals surface area (Å²) in [6, 6.07) is 23.4. The Morgan fingerprint density at radius 2 is 1.79 bits per heavy atom. The van der Waals surface area contributed by atoms with Gasteiger partial charge in [-0.3, -0.25) is 0 Å². The summed E-state index contributed by atoms with van der Waals surface area (Å²) < 4.78 is 13.9. The van der Waals surface area contributed by atoms with Crippen molar-refractivity contribution in [3.8, 4) is 22.8 Å². The van der Waals surface area contributed by atoms with E-state index in [2.05, 4.69) is 66.2 Å². The standard InChI is InChI=1S/C26H24NO2/c1-18-12-22-16-27-11-10-20-13-23(29-17-19-6-4-3-5-7-19)8-9-24(20)25(27)14-21(22)15-26(18)28-2/h3-9,12-16H,10-11,17H2,1-2H3/q+1. The second kappa shape index (κ2) is 7.25. The lowest BCUT2D eigenvalue weighted by molar-refractivity contribution is -0.686. The molecular formula is C26H24NO2+. The van der Waals surface area contributed by atoms with E-state index < -0.39 is 0 Å². The van der Waals surface area contributed by atoms with Gasteiger partial charge in [0.2, 0.25) is 5.69 Å². The summed E-state index contributed by atoms with van der Waals surface area (Å²) in [5.74, 6) is 1.86. The number of rotatable bonds is 4. The molecule has 0 saturated heterocycles. The van der Waals surface area contributed by atoms with E-state index in [1.807, 2.05) is 18.2 Å². The molecule has 0 spiro atoms. The van der Waals surface area contributed by atoms with Crippen molar-refractivity contribution in [2.24, 2.45) is 0 Å². The number of pyridine rings is 1. The van der Waals surface area contributed by atoms with Gasteiger partial charge in [-0.15, -0.1) is 0 Å². The minimum atomic E-state index is 0.592. The SMILES string of the molecule is COc1cc2cc3[n+](cc2cc1C)CCc1cc(OCc2ccccc2)ccc1-3. The van der Waals surface area contributed by atoms with Gasteiger partial charge in [0.1, 0.15) is 18.1 Å². The zero-order valence-electron chi connectivity index (χ0n) is 16.8. The highest BCUT2D eigenvalue weighted by atomic mass is 16.5. The van der Waals surface area contributed by atoms with Gasteiger partial charge in [0.15, 0.2) is 12.7 Å². The van der Waals surface area contributed by atoms with E-state index in [1.165, 1.54) is 33.2 Å². The highest BCUT2D eigenvalue weighted by molar-refractivity contribution is 5.86. The third-order valence-electron chi connectivity index (χ3n) is 5.72. The van der Waals surface area contributed by atoms with Gasteiger partial charge in [0, 0.05) is 23.4 Å². The van der Waals surface area contributed by atoms with E-state index in [4.69, 9.17) is 9.47 Å². The number of nitrogens with zero attached hydrogens (tertiary/aromatic N) is 1. The van der Waals surface area contributed by atoms with Gasteiger partial charge in [-0.2, -0.15) is 4.57 Å². The summed E-state index contributed by atoms with van der Waals surface area (Å²) in [4.78, 5) is 0. The molecule has 0 atom stereocenters. The quantitative estimate of drug-likeness (QED) is 0.450. The first kappa shape index (κ1) is 17.7. The number of aryl methyl sites for hydroxylation is 3. The average Bonchev–Trinajstić information content (AvgIpc) is 2.76. The van der Waals surface area contributed by atoms with Crippen LogP contribution in [0.2, 0.25) is 0 Å². The predicted octanol–water partition coefficient (Wildman–Crippen LogP) is 5.25. The fourth-order valence-corrected chi connectivity index (χ4v) is 4.17. The number of fused-ring (bicyclic) bond motifs is 4. The van der Waals surface area contributed by atoms with Gasteiger partial charge >= 0.3 is 0 Å². The van der Waals surface area contributed by atoms with Gasteiger partial charge in [-0.25, -0.2) is 0 Å². The van der Waals surface area contributed by atoms with Crippen LogP contribution in [0.4, 0.5) is 0 Å². The molecule has 1 aliphatic heterocycles. The number of hydrogen-bond donors (Lipinski definition) is 0. The van der Waals surface area contributed by atoms with Crippen LogP contribution in [-0.4, -0.2) is 7.11 Å². The normalized spacial score (nSPS) is 12.3. The molecule has 3 aromatic carbocycles. The van der Waals surface area contributed by atoms with Crippen LogP contribution >= 0.6 is 0 Å². The molecule has 3 nitrogen and oxygen atoms in total. The van der Waals surface area contributed by atoms with Gasteiger partial charge in [0.05, 0.1) is 7.11 Å². The lowest BCUT2D eigenvalue weighted by Gasteiger charge is -2.17. The molecule has 0 radical (unpaired) electrons. The molecule has 144 valence electrons. The molecule has 0 fully saturated rings. The number of aromatic nitrogens is 1. The lowest BCUT2D eigenvalue weighted by Crippen LogP contribution is -2.40.